The molecule has 0 aromatic carbocycles. The number of carbonyl (C=O) groups is 1. The summed E-state index contributed by atoms with van der Waals surface area (Å²) in [7, 11) is 1.93. The molecule has 2 rings (SSSR count). The monoisotopic (exact) mass is 312 g/mol. The van der Waals surface area contributed by atoms with Crippen LogP contribution < -0.4 is 5.32 Å². The number of hydrogen-bond donors (Lipinski definition) is 1. The van der Waals surface area contributed by atoms with Gasteiger partial charge in [0, 0.05) is 25.1 Å². The number of nitrogens with zero attached hydrogens (tertiary/aromatic N) is 3. The van der Waals surface area contributed by atoms with Crippen LogP contribution in [0.4, 0.5) is 0 Å². The molecule has 0 aliphatic rings. The number of likely N-dealkylation sites (N-methyl/N-ethyl adjacent to an activating group) is 1. The molecule has 1 atom stereocenters. The number of aryl methyl sites for hydroxylation is 1. The molecule has 1 N–H and O–H groups in total. The van der Waals surface area contributed by atoms with Crippen LogP contribution in [0, 0.1) is 6.92 Å². The maximum atomic E-state index is 12.3. The van der Waals surface area contributed by atoms with Gasteiger partial charge in [-0.2, -0.15) is 0 Å². The minimum absolute atomic E-state index is 0.00768. The van der Waals surface area contributed by atoms with Gasteiger partial charge in [-0.25, -0.2) is 0 Å². The zero-order chi connectivity index (χ0) is 16.7. The van der Waals surface area contributed by atoms with Gasteiger partial charge in [0.15, 0.2) is 0 Å². The highest BCUT2D eigenvalue weighted by Crippen LogP contribution is 2.17. The molecule has 122 valence electrons. The Morgan fingerprint density at radius 1 is 1.30 bits per heavy atom. The maximum Gasteiger partial charge on any atom is 0.234 e. The zero-order valence-corrected chi connectivity index (χ0v) is 14.0. The Balaban J connectivity index is 1.91. The summed E-state index contributed by atoms with van der Waals surface area (Å²) >= 11 is 0. The maximum absolute atomic E-state index is 12.3. The lowest BCUT2D eigenvalue weighted by molar-refractivity contribution is -0.122. The summed E-state index contributed by atoms with van der Waals surface area (Å²) in [4.78, 5) is 22.8. The standard InChI is InChI=1S/C18H24N4O/c1-4-16(18-14(2)7-5-10-20-18)21-17(23)13-22(3)12-15-8-6-9-19-11-15/h5-11,16H,4,12-13H2,1-3H3,(H,21,23). The zero-order valence-electron chi connectivity index (χ0n) is 14.0. The van der Waals surface area contributed by atoms with Crippen LogP contribution in [0.2, 0.25) is 0 Å². The lowest BCUT2D eigenvalue weighted by Gasteiger charge is -2.21. The summed E-state index contributed by atoms with van der Waals surface area (Å²) in [5.41, 5.74) is 3.14. The van der Waals surface area contributed by atoms with Gasteiger partial charge >= 0.3 is 0 Å². The van der Waals surface area contributed by atoms with E-state index in [1.165, 1.54) is 0 Å². The molecule has 0 bridgehead atoms. The van der Waals surface area contributed by atoms with E-state index in [0.29, 0.717) is 13.1 Å². The van der Waals surface area contributed by atoms with Crippen LogP contribution in [-0.4, -0.2) is 34.4 Å². The lowest BCUT2D eigenvalue weighted by Crippen LogP contribution is -2.37. The van der Waals surface area contributed by atoms with Crippen LogP contribution in [0.5, 0.6) is 0 Å². The number of pyridine rings is 2. The van der Waals surface area contributed by atoms with Crippen LogP contribution in [0.3, 0.4) is 0 Å². The van der Waals surface area contributed by atoms with Gasteiger partial charge < -0.3 is 5.32 Å². The van der Waals surface area contributed by atoms with E-state index >= 15 is 0 Å². The first-order chi connectivity index (χ1) is 11.1. The molecule has 2 aromatic heterocycles. The second-order valence-electron chi connectivity index (χ2n) is 5.77. The molecule has 23 heavy (non-hydrogen) atoms. The Hall–Kier alpha value is -2.27. The van der Waals surface area contributed by atoms with Crippen molar-refractivity contribution in [1.29, 1.82) is 0 Å². The quantitative estimate of drug-likeness (QED) is 0.853. The predicted molar refractivity (Wildman–Crippen MR) is 90.7 cm³/mol. The van der Waals surface area contributed by atoms with E-state index in [-0.39, 0.29) is 11.9 Å². The van der Waals surface area contributed by atoms with Crippen LogP contribution in [0.25, 0.3) is 0 Å². The predicted octanol–water partition coefficient (Wildman–Crippen LogP) is 2.48. The van der Waals surface area contributed by atoms with Crippen molar-refractivity contribution in [2.45, 2.75) is 32.9 Å². The summed E-state index contributed by atoms with van der Waals surface area (Å²) in [6.07, 6.45) is 6.15. The number of carbonyl (C=O) groups excluding carboxylic acids is 1. The average Bonchev–Trinajstić information content (AvgIpc) is 2.54. The summed E-state index contributed by atoms with van der Waals surface area (Å²) in [6.45, 7) is 5.11. The van der Waals surface area contributed by atoms with Gasteiger partial charge in [0.05, 0.1) is 18.3 Å². The van der Waals surface area contributed by atoms with E-state index in [1.54, 1.807) is 12.4 Å². The van der Waals surface area contributed by atoms with Crippen molar-refractivity contribution in [3.63, 3.8) is 0 Å². The molecule has 2 heterocycles. The van der Waals surface area contributed by atoms with E-state index in [2.05, 4.69) is 22.2 Å². The van der Waals surface area contributed by atoms with Crippen molar-refractivity contribution < 1.29 is 4.79 Å². The second-order valence-corrected chi connectivity index (χ2v) is 5.77. The Morgan fingerprint density at radius 3 is 2.74 bits per heavy atom. The fraction of sp³-hybridized carbons (Fsp3) is 0.389. The molecular weight excluding hydrogens is 288 g/mol. The van der Waals surface area contributed by atoms with Crippen LogP contribution in [-0.2, 0) is 11.3 Å². The summed E-state index contributed by atoms with van der Waals surface area (Å²) in [5, 5.41) is 3.08. The van der Waals surface area contributed by atoms with E-state index in [0.717, 1.165) is 23.2 Å². The normalized spacial score (nSPS) is 12.2. The molecule has 0 radical (unpaired) electrons. The molecule has 5 nitrogen and oxygen atoms in total. The molecule has 0 fully saturated rings. The molecule has 5 heteroatoms. The van der Waals surface area contributed by atoms with Crippen molar-refractivity contribution in [2.75, 3.05) is 13.6 Å². The number of aromatic nitrogens is 2. The summed E-state index contributed by atoms with van der Waals surface area (Å²) < 4.78 is 0. The van der Waals surface area contributed by atoms with Crippen LogP contribution >= 0.6 is 0 Å². The molecule has 2 aromatic rings. The first kappa shape index (κ1) is 17.1. The first-order valence-electron chi connectivity index (χ1n) is 7.88. The summed E-state index contributed by atoms with van der Waals surface area (Å²) in [6, 6.07) is 7.80. The smallest absolute Gasteiger partial charge is 0.234 e. The van der Waals surface area contributed by atoms with E-state index in [4.69, 9.17) is 0 Å². The Bertz CT molecular complexity index is 630. The topological polar surface area (TPSA) is 58.1 Å². The fourth-order valence-corrected chi connectivity index (χ4v) is 2.57. The molecule has 0 aliphatic carbocycles. The van der Waals surface area contributed by atoms with Crippen molar-refractivity contribution in [1.82, 2.24) is 20.2 Å². The minimum atomic E-state index is -0.0458. The number of rotatable bonds is 7. The van der Waals surface area contributed by atoms with Gasteiger partial charge in [-0.15, -0.1) is 0 Å². The Morgan fingerprint density at radius 2 is 2.09 bits per heavy atom. The molecule has 0 spiro atoms. The highest BCUT2D eigenvalue weighted by molar-refractivity contribution is 5.78. The first-order valence-corrected chi connectivity index (χ1v) is 7.88. The van der Waals surface area contributed by atoms with E-state index in [1.807, 2.05) is 49.3 Å². The van der Waals surface area contributed by atoms with Crippen molar-refractivity contribution >= 4 is 5.91 Å². The Labute approximate surface area is 137 Å². The number of amides is 1. The second kappa shape index (κ2) is 8.39. The molecule has 1 amide bonds. The molecular formula is C18H24N4O. The van der Waals surface area contributed by atoms with Crippen LogP contribution in [0.15, 0.2) is 42.9 Å². The van der Waals surface area contributed by atoms with E-state index in [9.17, 15) is 4.79 Å². The summed E-state index contributed by atoms with van der Waals surface area (Å²) in [5.74, 6) is 0.00768. The third-order valence-electron chi connectivity index (χ3n) is 3.71. The van der Waals surface area contributed by atoms with Gasteiger partial charge in [-0.3, -0.25) is 19.7 Å². The van der Waals surface area contributed by atoms with Crippen LogP contribution in [0.1, 0.15) is 36.2 Å². The van der Waals surface area contributed by atoms with Crippen molar-refractivity contribution in [3.05, 3.63) is 59.7 Å². The molecule has 0 saturated heterocycles. The van der Waals surface area contributed by atoms with Gasteiger partial charge in [0.2, 0.25) is 5.91 Å². The molecule has 0 saturated carbocycles. The third-order valence-corrected chi connectivity index (χ3v) is 3.71. The molecule has 1 unspecified atom stereocenters. The Kier molecular flexibility index (Phi) is 6.23. The highest BCUT2D eigenvalue weighted by atomic mass is 16.2. The highest BCUT2D eigenvalue weighted by Gasteiger charge is 2.16. The van der Waals surface area contributed by atoms with Gasteiger partial charge in [-0.05, 0) is 43.7 Å². The van der Waals surface area contributed by atoms with Crippen molar-refractivity contribution in [3.8, 4) is 0 Å². The minimum Gasteiger partial charge on any atom is -0.347 e. The average molecular weight is 312 g/mol. The van der Waals surface area contributed by atoms with Crippen molar-refractivity contribution in [2.24, 2.45) is 0 Å². The van der Waals surface area contributed by atoms with Gasteiger partial charge in [-0.1, -0.05) is 19.1 Å². The number of hydrogen-bond acceptors (Lipinski definition) is 4. The van der Waals surface area contributed by atoms with Gasteiger partial charge in [0.25, 0.3) is 0 Å². The number of nitrogens with one attached hydrogen (secondary N) is 1. The third kappa shape index (κ3) is 5.14. The van der Waals surface area contributed by atoms with Gasteiger partial charge in [0.1, 0.15) is 0 Å². The SMILES string of the molecule is CCC(NC(=O)CN(C)Cc1cccnc1)c1ncccc1C. The van der Waals surface area contributed by atoms with E-state index < -0.39 is 0 Å². The fourth-order valence-electron chi connectivity index (χ4n) is 2.57. The largest absolute Gasteiger partial charge is 0.347 e. The molecule has 0 aliphatic heterocycles. The lowest BCUT2D eigenvalue weighted by atomic mass is 10.1.